The van der Waals surface area contributed by atoms with Crippen LogP contribution in [0.25, 0.3) is 0 Å². The van der Waals surface area contributed by atoms with Gasteiger partial charge in [-0.1, -0.05) is 12.2 Å². The van der Waals surface area contributed by atoms with E-state index in [-0.39, 0.29) is 36.6 Å². The lowest BCUT2D eigenvalue weighted by Crippen LogP contribution is -2.33. The molecule has 1 aliphatic rings. The van der Waals surface area contributed by atoms with Crippen LogP contribution in [0.1, 0.15) is 24.2 Å². The molecule has 0 radical (unpaired) electrons. The van der Waals surface area contributed by atoms with Gasteiger partial charge in [-0.05, 0) is 20.3 Å². The van der Waals surface area contributed by atoms with Crippen LogP contribution in [-0.2, 0) is 11.3 Å². The number of nitrogens with zero attached hydrogens (tertiary/aromatic N) is 3. The van der Waals surface area contributed by atoms with Crippen LogP contribution in [-0.4, -0.2) is 38.4 Å². The van der Waals surface area contributed by atoms with Crippen LogP contribution >= 0.6 is 0 Å². The number of aliphatic hydroxyl groups is 1. The van der Waals surface area contributed by atoms with Gasteiger partial charge in [0.2, 0.25) is 5.91 Å². The first-order valence-electron chi connectivity index (χ1n) is 7.19. The Morgan fingerprint density at radius 3 is 2.82 bits per heavy atom. The van der Waals surface area contributed by atoms with Crippen LogP contribution in [0.4, 0.5) is 5.69 Å². The van der Waals surface area contributed by atoms with Crippen LogP contribution in [0.3, 0.4) is 0 Å². The number of aryl methyl sites for hydroxylation is 2. The molecule has 2 N–H and O–H groups in total. The van der Waals surface area contributed by atoms with Gasteiger partial charge in [0.25, 0.3) is 0 Å². The third-order valence-corrected chi connectivity index (χ3v) is 3.83. The summed E-state index contributed by atoms with van der Waals surface area (Å²) in [5.41, 5.74) is 0.814. The van der Waals surface area contributed by atoms with Crippen molar-refractivity contribution in [3.8, 4) is 0 Å². The molecule has 1 aromatic rings. The van der Waals surface area contributed by atoms with Gasteiger partial charge in [0, 0.05) is 25.0 Å². The Kier molecular flexibility index (Phi) is 4.92. The summed E-state index contributed by atoms with van der Waals surface area (Å²) < 4.78 is 1.49. The largest absolute Gasteiger partial charge is 0.396 e. The minimum atomic E-state index is -0.452. The fraction of sp³-hybridized carbons (Fsp3) is 0.571. The van der Waals surface area contributed by atoms with E-state index < -0.39 is 4.92 Å². The standard InChI is InChI=1S/C14H20N4O4/c1-9-14(18(21)22)10(2)17(16-9)6-5-13(20)15-12-4-3-11(7-12)8-19/h3-4,11-12,19H,5-8H2,1-2H3,(H,15,20)/t11-,12+/m0/s1. The highest BCUT2D eigenvalue weighted by Crippen LogP contribution is 2.22. The summed E-state index contributed by atoms with van der Waals surface area (Å²) >= 11 is 0. The zero-order valence-corrected chi connectivity index (χ0v) is 12.7. The van der Waals surface area contributed by atoms with Crippen molar-refractivity contribution in [2.45, 2.75) is 39.3 Å². The topological polar surface area (TPSA) is 110 Å². The summed E-state index contributed by atoms with van der Waals surface area (Å²) in [5, 5.41) is 26.9. The van der Waals surface area contributed by atoms with Crippen LogP contribution in [0, 0.1) is 29.9 Å². The highest BCUT2D eigenvalue weighted by molar-refractivity contribution is 5.76. The summed E-state index contributed by atoms with van der Waals surface area (Å²) in [6.07, 6.45) is 4.68. The summed E-state index contributed by atoms with van der Waals surface area (Å²) in [5.74, 6) is -0.0348. The SMILES string of the molecule is Cc1nn(CCC(=O)N[C@@H]2C=C[C@H](CO)C2)c(C)c1[N+](=O)[O-]. The molecule has 0 aromatic carbocycles. The Morgan fingerprint density at radius 2 is 2.27 bits per heavy atom. The van der Waals surface area contributed by atoms with Crippen molar-refractivity contribution in [1.29, 1.82) is 0 Å². The van der Waals surface area contributed by atoms with Crippen molar-refractivity contribution in [2.75, 3.05) is 6.61 Å². The van der Waals surface area contributed by atoms with Crippen molar-refractivity contribution in [3.63, 3.8) is 0 Å². The molecule has 8 nitrogen and oxygen atoms in total. The number of carbonyl (C=O) groups excluding carboxylic acids is 1. The lowest BCUT2D eigenvalue weighted by Gasteiger charge is -2.12. The van der Waals surface area contributed by atoms with Gasteiger partial charge < -0.3 is 10.4 Å². The molecule has 0 saturated heterocycles. The molecule has 1 aliphatic carbocycles. The summed E-state index contributed by atoms with van der Waals surface area (Å²) in [7, 11) is 0. The smallest absolute Gasteiger partial charge is 0.312 e. The molecule has 8 heteroatoms. The molecular formula is C14H20N4O4. The molecule has 2 rings (SSSR count). The van der Waals surface area contributed by atoms with Crippen molar-refractivity contribution in [2.24, 2.45) is 5.92 Å². The van der Waals surface area contributed by atoms with Crippen LogP contribution in [0.15, 0.2) is 12.2 Å². The van der Waals surface area contributed by atoms with E-state index in [1.54, 1.807) is 13.8 Å². The molecule has 0 bridgehead atoms. The fourth-order valence-electron chi connectivity index (χ4n) is 2.67. The van der Waals surface area contributed by atoms with E-state index in [0.29, 0.717) is 24.4 Å². The quantitative estimate of drug-likeness (QED) is 0.460. The molecule has 1 heterocycles. The van der Waals surface area contributed by atoms with Crippen molar-refractivity contribution >= 4 is 11.6 Å². The third kappa shape index (κ3) is 3.51. The number of amides is 1. The highest BCUT2D eigenvalue weighted by Gasteiger charge is 2.23. The Labute approximate surface area is 128 Å². The van der Waals surface area contributed by atoms with Gasteiger partial charge in [0.15, 0.2) is 0 Å². The van der Waals surface area contributed by atoms with Crippen LogP contribution < -0.4 is 5.32 Å². The van der Waals surface area contributed by atoms with Gasteiger partial charge in [-0.15, -0.1) is 0 Å². The van der Waals surface area contributed by atoms with E-state index in [1.165, 1.54) is 4.68 Å². The number of aromatic nitrogens is 2. The first kappa shape index (κ1) is 16.2. The second kappa shape index (κ2) is 6.69. The van der Waals surface area contributed by atoms with Gasteiger partial charge in [-0.25, -0.2) is 0 Å². The Morgan fingerprint density at radius 1 is 1.55 bits per heavy atom. The summed E-state index contributed by atoms with van der Waals surface area (Å²) in [6, 6.07) is -0.0561. The molecule has 0 aliphatic heterocycles. The van der Waals surface area contributed by atoms with Crippen molar-refractivity contribution < 1.29 is 14.8 Å². The number of hydrogen-bond acceptors (Lipinski definition) is 5. The molecule has 0 fully saturated rings. The lowest BCUT2D eigenvalue weighted by molar-refractivity contribution is -0.386. The first-order chi connectivity index (χ1) is 10.4. The van der Waals surface area contributed by atoms with Crippen LogP contribution in [0.2, 0.25) is 0 Å². The number of nitro groups is 1. The molecule has 1 amide bonds. The maximum Gasteiger partial charge on any atom is 0.312 e. The Hall–Kier alpha value is -2.22. The van der Waals surface area contributed by atoms with E-state index in [1.807, 2.05) is 12.2 Å². The average Bonchev–Trinajstić information content (AvgIpc) is 3.01. The van der Waals surface area contributed by atoms with Gasteiger partial charge >= 0.3 is 5.69 Å². The number of nitrogens with one attached hydrogen (secondary N) is 1. The van der Waals surface area contributed by atoms with E-state index in [4.69, 9.17) is 5.11 Å². The first-order valence-corrected chi connectivity index (χ1v) is 7.19. The van der Waals surface area contributed by atoms with E-state index in [2.05, 4.69) is 10.4 Å². The zero-order valence-electron chi connectivity index (χ0n) is 12.7. The van der Waals surface area contributed by atoms with E-state index in [9.17, 15) is 14.9 Å². The second-order valence-corrected chi connectivity index (χ2v) is 5.49. The number of hydrogen-bond donors (Lipinski definition) is 2. The highest BCUT2D eigenvalue weighted by atomic mass is 16.6. The fourth-order valence-corrected chi connectivity index (χ4v) is 2.67. The molecule has 0 spiro atoms. The Bertz CT molecular complexity index is 608. The second-order valence-electron chi connectivity index (χ2n) is 5.49. The van der Waals surface area contributed by atoms with Crippen molar-refractivity contribution in [1.82, 2.24) is 15.1 Å². The predicted molar refractivity (Wildman–Crippen MR) is 79.2 cm³/mol. The Balaban J connectivity index is 1.88. The number of rotatable bonds is 6. The zero-order chi connectivity index (χ0) is 16.3. The van der Waals surface area contributed by atoms with Gasteiger partial charge in [-0.2, -0.15) is 5.10 Å². The molecule has 1 aromatic heterocycles. The molecule has 0 saturated carbocycles. The number of carbonyl (C=O) groups is 1. The van der Waals surface area contributed by atoms with E-state index >= 15 is 0 Å². The minimum absolute atomic E-state index is 0.00456. The van der Waals surface area contributed by atoms with Gasteiger partial charge in [0.05, 0.1) is 11.5 Å². The van der Waals surface area contributed by atoms with E-state index in [0.717, 1.165) is 0 Å². The predicted octanol–water partition coefficient (Wildman–Crippen LogP) is 0.851. The maximum absolute atomic E-state index is 11.9. The molecular weight excluding hydrogens is 288 g/mol. The molecule has 2 atom stereocenters. The maximum atomic E-state index is 11.9. The van der Waals surface area contributed by atoms with Gasteiger partial charge in [-0.3, -0.25) is 19.6 Å². The monoisotopic (exact) mass is 308 g/mol. The normalized spacial score (nSPS) is 20.3. The molecule has 0 unspecified atom stereocenters. The molecule has 120 valence electrons. The summed E-state index contributed by atoms with van der Waals surface area (Å²) in [6.45, 7) is 3.59. The summed E-state index contributed by atoms with van der Waals surface area (Å²) in [4.78, 5) is 22.4. The van der Waals surface area contributed by atoms with Crippen molar-refractivity contribution in [3.05, 3.63) is 33.7 Å². The van der Waals surface area contributed by atoms with Crippen LogP contribution in [0.5, 0.6) is 0 Å². The minimum Gasteiger partial charge on any atom is -0.396 e. The lowest BCUT2D eigenvalue weighted by atomic mass is 10.1. The average molecular weight is 308 g/mol. The number of aliphatic hydroxyl groups excluding tert-OH is 1. The molecule has 22 heavy (non-hydrogen) atoms. The third-order valence-electron chi connectivity index (χ3n) is 3.83. The van der Waals surface area contributed by atoms with Gasteiger partial charge in [0.1, 0.15) is 11.4 Å².